The van der Waals surface area contributed by atoms with E-state index in [0.717, 1.165) is 29.2 Å². The predicted molar refractivity (Wildman–Crippen MR) is 83.0 cm³/mol. The van der Waals surface area contributed by atoms with Crippen LogP contribution in [0.3, 0.4) is 0 Å². The van der Waals surface area contributed by atoms with E-state index in [-0.39, 0.29) is 5.89 Å². The molecule has 0 amide bonds. The maximum atomic E-state index is 13.3. The van der Waals surface area contributed by atoms with E-state index in [1.165, 1.54) is 12.3 Å². The molecule has 0 unspecified atom stereocenters. The minimum Gasteiger partial charge on any atom is -0.444 e. The van der Waals surface area contributed by atoms with Gasteiger partial charge in [-0.05, 0) is 39.1 Å². The van der Waals surface area contributed by atoms with Crippen molar-refractivity contribution in [2.75, 3.05) is 7.05 Å². The molecule has 126 valence electrons. The largest absolute Gasteiger partial charge is 0.444 e. The quantitative estimate of drug-likeness (QED) is 0.710. The van der Waals surface area contributed by atoms with E-state index in [4.69, 9.17) is 8.94 Å². The van der Waals surface area contributed by atoms with Crippen molar-refractivity contribution in [1.29, 1.82) is 0 Å². The van der Waals surface area contributed by atoms with Gasteiger partial charge in [0.25, 0.3) is 0 Å². The molecule has 0 aliphatic carbocycles. The number of aryl methyl sites for hydroxylation is 2. The minimum atomic E-state index is -0.928. The molecule has 0 saturated heterocycles. The molecule has 0 saturated carbocycles. The van der Waals surface area contributed by atoms with Crippen molar-refractivity contribution in [3.63, 3.8) is 0 Å². The predicted octanol–water partition coefficient (Wildman–Crippen LogP) is 3.86. The third-order valence-corrected chi connectivity index (χ3v) is 3.76. The number of benzene rings is 1. The zero-order valence-electron chi connectivity index (χ0n) is 13.6. The third kappa shape index (κ3) is 3.35. The molecule has 0 aliphatic heterocycles. The van der Waals surface area contributed by atoms with Gasteiger partial charge in [-0.3, -0.25) is 4.90 Å². The number of hydrogen-bond donors (Lipinski definition) is 0. The van der Waals surface area contributed by atoms with Crippen molar-refractivity contribution >= 4 is 0 Å². The van der Waals surface area contributed by atoms with Crippen LogP contribution in [0.1, 0.15) is 22.7 Å². The second kappa shape index (κ2) is 6.52. The van der Waals surface area contributed by atoms with E-state index in [9.17, 15) is 8.78 Å². The molecule has 24 heavy (non-hydrogen) atoms. The van der Waals surface area contributed by atoms with Crippen molar-refractivity contribution in [3.05, 3.63) is 58.8 Å². The first-order chi connectivity index (χ1) is 11.4. The van der Waals surface area contributed by atoms with E-state index in [0.29, 0.717) is 24.3 Å². The normalized spacial score (nSPS) is 11.4. The van der Waals surface area contributed by atoms with Crippen LogP contribution in [-0.2, 0) is 13.1 Å². The Morgan fingerprint density at radius 2 is 1.92 bits per heavy atom. The fourth-order valence-electron chi connectivity index (χ4n) is 2.47. The lowest BCUT2D eigenvalue weighted by molar-refractivity contribution is 0.311. The van der Waals surface area contributed by atoms with Crippen LogP contribution in [0.5, 0.6) is 0 Å². The molecule has 3 rings (SSSR count). The van der Waals surface area contributed by atoms with Crippen molar-refractivity contribution in [2.24, 2.45) is 0 Å². The van der Waals surface area contributed by atoms with Gasteiger partial charge in [0.2, 0.25) is 5.89 Å². The van der Waals surface area contributed by atoms with Crippen LogP contribution in [0.15, 0.2) is 33.4 Å². The average Bonchev–Trinajstić information content (AvgIpc) is 3.12. The monoisotopic (exact) mass is 333 g/mol. The van der Waals surface area contributed by atoms with Gasteiger partial charge >= 0.3 is 0 Å². The first-order valence-electron chi connectivity index (χ1n) is 7.44. The molecule has 1 aromatic carbocycles. The van der Waals surface area contributed by atoms with Gasteiger partial charge in [-0.15, -0.1) is 0 Å². The van der Waals surface area contributed by atoms with E-state index >= 15 is 0 Å². The molecule has 0 aliphatic rings. The molecular formula is C17H17F2N3O2. The van der Waals surface area contributed by atoms with Crippen molar-refractivity contribution in [2.45, 2.75) is 26.9 Å². The topological polar surface area (TPSA) is 55.3 Å². The molecule has 0 bridgehead atoms. The number of nitrogens with zero attached hydrogens (tertiary/aromatic N) is 3. The smallest absolute Gasteiger partial charge is 0.226 e. The first kappa shape index (κ1) is 16.3. The summed E-state index contributed by atoms with van der Waals surface area (Å²) in [4.78, 5) is 6.37. The van der Waals surface area contributed by atoms with Gasteiger partial charge in [-0.2, -0.15) is 0 Å². The maximum absolute atomic E-state index is 13.3. The Morgan fingerprint density at radius 1 is 1.12 bits per heavy atom. The van der Waals surface area contributed by atoms with Gasteiger partial charge in [0, 0.05) is 24.2 Å². The van der Waals surface area contributed by atoms with E-state index < -0.39 is 11.6 Å². The molecule has 0 radical (unpaired) electrons. The number of aromatic nitrogens is 2. The molecule has 0 fully saturated rings. The van der Waals surface area contributed by atoms with Gasteiger partial charge in [-0.25, -0.2) is 13.8 Å². The summed E-state index contributed by atoms with van der Waals surface area (Å²) in [6.07, 6.45) is 1.51. The highest BCUT2D eigenvalue weighted by molar-refractivity contribution is 5.53. The first-order valence-corrected chi connectivity index (χ1v) is 7.44. The third-order valence-electron chi connectivity index (χ3n) is 3.76. The van der Waals surface area contributed by atoms with Crippen LogP contribution >= 0.6 is 0 Å². The summed E-state index contributed by atoms with van der Waals surface area (Å²) in [7, 11) is 1.94. The fourth-order valence-corrected chi connectivity index (χ4v) is 2.47. The summed E-state index contributed by atoms with van der Waals surface area (Å²) in [5, 5.41) is 3.93. The summed E-state index contributed by atoms with van der Waals surface area (Å²) in [6, 6.07) is 3.55. The van der Waals surface area contributed by atoms with Crippen LogP contribution in [0, 0.1) is 25.5 Å². The lowest BCUT2D eigenvalue weighted by Gasteiger charge is -2.14. The lowest BCUT2D eigenvalue weighted by Crippen LogP contribution is -2.18. The van der Waals surface area contributed by atoms with Gasteiger partial charge in [0.1, 0.15) is 12.0 Å². The van der Waals surface area contributed by atoms with Gasteiger partial charge in [0.05, 0.1) is 11.4 Å². The summed E-state index contributed by atoms with van der Waals surface area (Å²) in [5.74, 6) is -0.774. The second-order valence-electron chi connectivity index (χ2n) is 5.75. The Morgan fingerprint density at radius 3 is 2.58 bits per heavy atom. The van der Waals surface area contributed by atoms with Crippen molar-refractivity contribution in [1.82, 2.24) is 15.0 Å². The molecule has 0 atom stereocenters. The van der Waals surface area contributed by atoms with Crippen LogP contribution in [0.2, 0.25) is 0 Å². The minimum absolute atomic E-state index is 0.259. The Labute approximate surface area is 137 Å². The zero-order chi connectivity index (χ0) is 17.3. The van der Waals surface area contributed by atoms with E-state index in [2.05, 4.69) is 10.1 Å². The van der Waals surface area contributed by atoms with Crippen LogP contribution in [-0.4, -0.2) is 22.1 Å². The molecule has 5 nitrogen and oxygen atoms in total. The highest BCUT2D eigenvalue weighted by Gasteiger charge is 2.14. The molecular weight excluding hydrogens is 316 g/mol. The van der Waals surface area contributed by atoms with Crippen LogP contribution < -0.4 is 0 Å². The Kier molecular flexibility index (Phi) is 4.44. The molecule has 2 aromatic heterocycles. The Bertz CT molecular complexity index is 838. The number of rotatable bonds is 5. The van der Waals surface area contributed by atoms with Crippen molar-refractivity contribution in [3.8, 4) is 11.5 Å². The molecule has 0 N–H and O–H groups in total. The highest BCUT2D eigenvalue weighted by atomic mass is 19.2. The number of hydrogen-bond acceptors (Lipinski definition) is 5. The molecule has 3 aromatic rings. The Hall–Kier alpha value is -2.54. The van der Waals surface area contributed by atoms with Gasteiger partial charge in [0.15, 0.2) is 11.6 Å². The zero-order valence-corrected chi connectivity index (χ0v) is 13.6. The second-order valence-corrected chi connectivity index (χ2v) is 5.75. The number of halogens is 2. The van der Waals surface area contributed by atoms with Crippen LogP contribution in [0.25, 0.3) is 11.5 Å². The molecule has 2 heterocycles. The summed E-state index contributed by atoms with van der Waals surface area (Å²) in [6.45, 7) is 4.98. The highest BCUT2D eigenvalue weighted by Crippen LogP contribution is 2.22. The van der Waals surface area contributed by atoms with E-state index in [1.807, 2.05) is 25.8 Å². The maximum Gasteiger partial charge on any atom is 0.226 e. The van der Waals surface area contributed by atoms with E-state index in [1.54, 1.807) is 0 Å². The van der Waals surface area contributed by atoms with Crippen LogP contribution in [0.4, 0.5) is 8.78 Å². The fraction of sp³-hybridized carbons (Fsp3) is 0.294. The molecule has 0 spiro atoms. The summed E-state index contributed by atoms with van der Waals surface area (Å²) < 4.78 is 36.8. The SMILES string of the molecule is Cc1noc(C)c1CN(C)Cc1coc(-c2ccc(F)c(F)c2)n1. The van der Waals surface area contributed by atoms with Gasteiger partial charge < -0.3 is 8.94 Å². The number of oxazole rings is 1. The summed E-state index contributed by atoms with van der Waals surface area (Å²) >= 11 is 0. The lowest BCUT2D eigenvalue weighted by atomic mass is 10.2. The van der Waals surface area contributed by atoms with Gasteiger partial charge in [-0.1, -0.05) is 5.16 Å². The molecule has 7 heteroatoms. The standard InChI is InChI=1S/C17H17F2N3O2/c1-10-14(11(2)24-21-10)8-22(3)7-13-9-23-17(20-13)12-4-5-15(18)16(19)6-12/h4-6,9H,7-8H2,1-3H3. The van der Waals surface area contributed by atoms with Crippen molar-refractivity contribution < 1.29 is 17.7 Å². The summed E-state index contributed by atoms with van der Waals surface area (Å²) in [5.41, 5.74) is 3.00. The Balaban J connectivity index is 1.70. The average molecular weight is 333 g/mol.